The summed E-state index contributed by atoms with van der Waals surface area (Å²) >= 11 is 0. The van der Waals surface area contributed by atoms with Gasteiger partial charge in [0.2, 0.25) is 0 Å². The zero-order valence-electron chi connectivity index (χ0n) is 33.0. The quantitative estimate of drug-likeness (QED) is 0.0712. The number of nitro groups is 1. The lowest BCUT2D eigenvalue weighted by Gasteiger charge is -2.25. The molecule has 2 aromatic heterocycles. The van der Waals surface area contributed by atoms with Crippen LogP contribution in [0.25, 0.3) is 22.2 Å². The second-order valence-corrected chi connectivity index (χ2v) is 17.7. The molecular formula is C46H46N6O7S. The van der Waals surface area contributed by atoms with Crippen molar-refractivity contribution in [3.05, 3.63) is 142 Å². The van der Waals surface area contributed by atoms with Crippen LogP contribution >= 0.6 is 0 Å². The molecule has 13 nitrogen and oxygen atoms in total. The monoisotopic (exact) mass is 826 g/mol. The molecule has 3 aliphatic rings. The number of carbonyl (C=O) groups excluding carboxylic acids is 1. The van der Waals surface area contributed by atoms with E-state index in [2.05, 4.69) is 61.3 Å². The molecule has 2 saturated heterocycles. The topological polar surface area (TPSA) is 169 Å². The number of likely N-dealkylation sites (tertiary alicyclic amines) is 1. The maximum absolute atomic E-state index is 13.9. The van der Waals surface area contributed by atoms with Gasteiger partial charge < -0.3 is 19.8 Å². The van der Waals surface area contributed by atoms with E-state index in [0.29, 0.717) is 37.2 Å². The number of anilines is 1. The Kier molecular flexibility index (Phi) is 11.1. The normalized spacial score (nSPS) is 17.4. The van der Waals surface area contributed by atoms with Gasteiger partial charge in [-0.1, -0.05) is 54.6 Å². The number of pyridine rings is 1. The maximum atomic E-state index is 13.9. The molecule has 60 heavy (non-hydrogen) atoms. The first-order valence-corrected chi connectivity index (χ1v) is 22.0. The molecule has 1 aliphatic carbocycles. The van der Waals surface area contributed by atoms with Crippen LogP contribution in [-0.4, -0.2) is 60.4 Å². The van der Waals surface area contributed by atoms with Gasteiger partial charge in [-0.05, 0) is 121 Å². The number of carbonyl (C=O) groups is 1. The molecule has 9 rings (SSSR count). The molecule has 0 spiro atoms. The van der Waals surface area contributed by atoms with Crippen LogP contribution < -0.4 is 14.8 Å². The largest absolute Gasteiger partial charge is 0.455 e. The predicted octanol–water partition coefficient (Wildman–Crippen LogP) is 9.10. The third kappa shape index (κ3) is 8.76. The summed E-state index contributed by atoms with van der Waals surface area (Å²) in [6.07, 6.45) is 9.80. The first-order valence-electron chi connectivity index (χ1n) is 20.5. The van der Waals surface area contributed by atoms with E-state index >= 15 is 0 Å². The number of hydrogen-bond donors (Lipinski definition) is 3. The first-order chi connectivity index (χ1) is 29.2. The molecule has 3 fully saturated rings. The second kappa shape index (κ2) is 16.9. The summed E-state index contributed by atoms with van der Waals surface area (Å²) in [6.45, 7) is 3.61. The Hall–Kier alpha value is -6.09. The van der Waals surface area contributed by atoms with Crippen molar-refractivity contribution < 1.29 is 27.6 Å². The van der Waals surface area contributed by atoms with Crippen molar-refractivity contribution in [2.75, 3.05) is 31.6 Å². The van der Waals surface area contributed by atoms with E-state index in [1.165, 1.54) is 53.9 Å². The van der Waals surface area contributed by atoms with Gasteiger partial charge in [-0.25, -0.2) is 18.1 Å². The molecule has 1 saturated carbocycles. The van der Waals surface area contributed by atoms with E-state index in [-0.39, 0.29) is 22.9 Å². The highest BCUT2D eigenvalue weighted by molar-refractivity contribution is 7.90. The van der Waals surface area contributed by atoms with Gasteiger partial charge in [-0.15, -0.1) is 0 Å². The summed E-state index contributed by atoms with van der Waals surface area (Å²) in [5.74, 6) is 0.479. The van der Waals surface area contributed by atoms with Crippen LogP contribution in [0.1, 0.15) is 77.5 Å². The van der Waals surface area contributed by atoms with E-state index in [0.717, 1.165) is 67.3 Å². The van der Waals surface area contributed by atoms with Crippen molar-refractivity contribution in [2.45, 2.75) is 61.9 Å². The number of nitrogens with one attached hydrogen (secondary N) is 3. The molecule has 4 aromatic carbocycles. The molecule has 1 atom stereocenters. The van der Waals surface area contributed by atoms with Crippen molar-refractivity contribution in [2.24, 2.45) is 5.92 Å². The Labute approximate surface area is 348 Å². The minimum atomic E-state index is -4.55. The van der Waals surface area contributed by atoms with Gasteiger partial charge in [0.15, 0.2) is 0 Å². The fourth-order valence-corrected chi connectivity index (χ4v) is 9.35. The molecule has 0 radical (unpaired) electrons. The van der Waals surface area contributed by atoms with Gasteiger partial charge in [0.25, 0.3) is 21.6 Å². The molecule has 0 unspecified atom stereocenters. The summed E-state index contributed by atoms with van der Waals surface area (Å²) in [6, 6.07) is 30.0. The maximum Gasteiger partial charge on any atom is 0.293 e. The number of nitro benzene ring substituents is 1. The van der Waals surface area contributed by atoms with Crippen LogP contribution in [0.15, 0.2) is 114 Å². The van der Waals surface area contributed by atoms with Crippen LogP contribution in [0, 0.1) is 16.0 Å². The van der Waals surface area contributed by atoms with Gasteiger partial charge in [0.05, 0.1) is 21.6 Å². The molecular weight excluding hydrogens is 781 g/mol. The van der Waals surface area contributed by atoms with Gasteiger partial charge >= 0.3 is 0 Å². The average Bonchev–Trinajstić information content (AvgIpc) is 3.84. The lowest BCUT2D eigenvalue weighted by molar-refractivity contribution is -0.384. The van der Waals surface area contributed by atoms with Crippen LogP contribution in [-0.2, 0) is 21.3 Å². The highest BCUT2D eigenvalue weighted by Crippen LogP contribution is 2.42. The Morgan fingerprint density at radius 2 is 1.72 bits per heavy atom. The number of aromatic nitrogens is 2. The summed E-state index contributed by atoms with van der Waals surface area (Å²) in [5, 5.41) is 15.9. The smallest absolute Gasteiger partial charge is 0.293 e. The molecule has 0 bridgehead atoms. The average molecular weight is 827 g/mol. The number of rotatable bonds is 14. The van der Waals surface area contributed by atoms with E-state index < -0.39 is 31.4 Å². The van der Waals surface area contributed by atoms with E-state index in [9.17, 15) is 23.3 Å². The third-order valence-electron chi connectivity index (χ3n) is 11.8. The number of nitrogens with zero attached hydrogens (tertiary/aromatic N) is 3. The minimum absolute atomic E-state index is 0.0526. The van der Waals surface area contributed by atoms with Crippen molar-refractivity contribution in [3.63, 3.8) is 0 Å². The Morgan fingerprint density at radius 3 is 2.52 bits per heavy atom. The van der Waals surface area contributed by atoms with Crippen molar-refractivity contribution >= 4 is 38.3 Å². The fourth-order valence-electron chi connectivity index (χ4n) is 8.36. The molecule has 14 heteroatoms. The summed E-state index contributed by atoms with van der Waals surface area (Å²) in [7, 11) is -4.55. The SMILES string of the molecule is O=C(NS(=O)(=O)c1ccc(NCC2CCOCC2)c([N+](=O)[O-])c1)c1ccc(-c2ccc(CN3CCC[C@@H]3c3cccc(C4CC4)c3)cc2)cc1Oc1cnc2[nH]ccc2c1. The lowest BCUT2D eigenvalue weighted by atomic mass is 9.99. The highest BCUT2D eigenvalue weighted by Gasteiger charge is 2.30. The fraction of sp³-hybridized carbons (Fsp3) is 0.304. The number of fused-ring (bicyclic) bond motifs is 1. The van der Waals surface area contributed by atoms with Crippen molar-refractivity contribution in [1.82, 2.24) is 19.6 Å². The molecule has 1 amide bonds. The molecule has 3 N–H and O–H groups in total. The third-order valence-corrected chi connectivity index (χ3v) is 13.2. The summed E-state index contributed by atoms with van der Waals surface area (Å²) in [4.78, 5) is 34.9. The van der Waals surface area contributed by atoms with Gasteiger partial charge in [0, 0.05) is 50.0 Å². The number of benzene rings is 4. The van der Waals surface area contributed by atoms with Gasteiger partial charge in [-0.2, -0.15) is 0 Å². The van der Waals surface area contributed by atoms with Crippen LogP contribution in [0.4, 0.5) is 11.4 Å². The molecule has 308 valence electrons. The van der Waals surface area contributed by atoms with E-state index in [1.807, 2.05) is 18.2 Å². The van der Waals surface area contributed by atoms with E-state index in [4.69, 9.17) is 9.47 Å². The summed E-state index contributed by atoms with van der Waals surface area (Å²) < 4.78 is 41.1. The zero-order chi connectivity index (χ0) is 41.2. The number of sulfonamides is 1. The van der Waals surface area contributed by atoms with E-state index in [1.54, 1.807) is 24.4 Å². The minimum Gasteiger partial charge on any atom is -0.455 e. The Morgan fingerprint density at radius 1 is 0.917 bits per heavy atom. The first kappa shape index (κ1) is 39.4. The second-order valence-electron chi connectivity index (χ2n) is 16.0. The Balaban J connectivity index is 0.948. The number of hydrogen-bond acceptors (Lipinski definition) is 10. The number of ether oxygens (including phenoxy) is 2. The van der Waals surface area contributed by atoms with Crippen molar-refractivity contribution in [1.29, 1.82) is 0 Å². The van der Waals surface area contributed by atoms with Crippen LogP contribution in [0.5, 0.6) is 11.5 Å². The Bertz CT molecular complexity index is 2660. The number of aromatic amines is 1. The molecule has 4 heterocycles. The molecule has 2 aliphatic heterocycles. The van der Waals surface area contributed by atoms with Crippen LogP contribution in [0.2, 0.25) is 0 Å². The van der Waals surface area contributed by atoms with Gasteiger partial charge in [-0.3, -0.25) is 19.8 Å². The number of H-pyrrole nitrogens is 1. The zero-order valence-corrected chi connectivity index (χ0v) is 33.8. The van der Waals surface area contributed by atoms with Gasteiger partial charge in [0.1, 0.15) is 22.8 Å². The summed E-state index contributed by atoms with van der Waals surface area (Å²) in [5.41, 5.74) is 6.07. The number of amides is 1. The van der Waals surface area contributed by atoms with Crippen LogP contribution in [0.3, 0.4) is 0 Å². The molecule has 6 aromatic rings. The predicted molar refractivity (Wildman–Crippen MR) is 229 cm³/mol. The van der Waals surface area contributed by atoms with Crippen molar-refractivity contribution in [3.8, 4) is 22.6 Å². The highest BCUT2D eigenvalue weighted by atomic mass is 32.2. The standard InChI is InChI=1S/C46H46N6O7S/c53-46(50-60(56,57)39-13-15-41(43(26-39)52(54)55)48-27-30-17-21-58-22-18-30)40-14-12-35(25-44(40)59-38-24-37-16-19-47-45(37)49-28-38)32-8-6-31(7-9-32)29-51-20-2-5-42(51)36-4-1-3-34(23-36)33-10-11-33/h1,3-4,6-9,12-16,19,23-26,28,30,33,42,48H,2,5,10-11,17-18,20-22,27,29H2,(H,47,49)(H,50,53)/t42-/m1/s1. The lowest BCUT2D eigenvalue weighted by Crippen LogP contribution is -2.31.